The fraction of sp³-hybridized carbons (Fsp3) is 0.650. The van der Waals surface area contributed by atoms with E-state index in [4.69, 9.17) is 4.74 Å². The number of carbonyl (C=O) groups excluding carboxylic acids is 1. The van der Waals surface area contributed by atoms with E-state index in [1.165, 1.54) is 25.7 Å². The van der Waals surface area contributed by atoms with Crippen LogP contribution in [0.2, 0.25) is 0 Å². The second-order valence-corrected chi connectivity index (χ2v) is 7.76. The summed E-state index contributed by atoms with van der Waals surface area (Å²) in [6.07, 6.45) is 5.00. The van der Waals surface area contributed by atoms with Crippen molar-refractivity contribution in [3.8, 4) is 5.75 Å². The van der Waals surface area contributed by atoms with Crippen molar-refractivity contribution >= 4 is 5.91 Å². The summed E-state index contributed by atoms with van der Waals surface area (Å²) in [5, 5.41) is 6.40. The summed E-state index contributed by atoms with van der Waals surface area (Å²) in [6, 6.07) is 10.1. The van der Waals surface area contributed by atoms with E-state index in [0.717, 1.165) is 5.75 Å². The maximum absolute atomic E-state index is 12.0. The van der Waals surface area contributed by atoms with Gasteiger partial charge in [0.15, 0.2) is 0 Å². The minimum Gasteiger partial charge on any atom is -0.492 e. The highest BCUT2D eigenvalue weighted by atomic mass is 16.5. The van der Waals surface area contributed by atoms with Gasteiger partial charge in [-0.25, -0.2) is 0 Å². The maximum Gasteiger partial charge on any atom is 0.234 e. The highest BCUT2D eigenvalue weighted by Crippen LogP contribution is 2.37. The molecule has 0 heterocycles. The molecule has 2 unspecified atom stereocenters. The highest BCUT2D eigenvalue weighted by molar-refractivity contribution is 5.78. The van der Waals surface area contributed by atoms with Crippen LogP contribution in [-0.2, 0) is 4.79 Å². The number of nitrogens with one attached hydrogen (secondary N) is 2. The molecule has 0 bridgehead atoms. The van der Waals surface area contributed by atoms with Gasteiger partial charge in [-0.15, -0.1) is 0 Å². The molecule has 0 aromatic heterocycles. The van der Waals surface area contributed by atoms with Crippen LogP contribution in [0.4, 0.5) is 0 Å². The smallest absolute Gasteiger partial charge is 0.234 e. The van der Waals surface area contributed by atoms with Crippen LogP contribution in [0.25, 0.3) is 0 Å². The largest absolute Gasteiger partial charge is 0.492 e. The predicted molar refractivity (Wildman–Crippen MR) is 98.2 cm³/mol. The number of benzene rings is 1. The number of para-hydroxylation sites is 1. The van der Waals surface area contributed by atoms with Crippen molar-refractivity contribution in [2.45, 2.75) is 52.5 Å². The molecular weight excluding hydrogens is 300 g/mol. The molecule has 1 aliphatic rings. The van der Waals surface area contributed by atoms with Crippen LogP contribution in [-0.4, -0.2) is 31.6 Å². The van der Waals surface area contributed by atoms with Crippen LogP contribution in [0.3, 0.4) is 0 Å². The molecule has 1 aliphatic carbocycles. The minimum absolute atomic E-state index is 0.0462. The number of hydrogen-bond donors (Lipinski definition) is 2. The van der Waals surface area contributed by atoms with Crippen molar-refractivity contribution in [1.82, 2.24) is 10.6 Å². The van der Waals surface area contributed by atoms with Crippen LogP contribution in [0.1, 0.15) is 46.5 Å². The van der Waals surface area contributed by atoms with E-state index in [-0.39, 0.29) is 11.3 Å². The van der Waals surface area contributed by atoms with Crippen LogP contribution >= 0.6 is 0 Å². The number of hydrogen-bond acceptors (Lipinski definition) is 3. The molecule has 1 fully saturated rings. The average Bonchev–Trinajstić information content (AvgIpc) is 2.57. The topological polar surface area (TPSA) is 50.4 Å². The first-order valence-electron chi connectivity index (χ1n) is 9.15. The van der Waals surface area contributed by atoms with E-state index >= 15 is 0 Å². The highest BCUT2D eigenvalue weighted by Gasteiger charge is 2.33. The number of rotatable bonds is 7. The van der Waals surface area contributed by atoms with Gasteiger partial charge in [-0.1, -0.05) is 51.8 Å². The minimum atomic E-state index is 0.0462. The third-order valence-corrected chi connectivity index (χ3v) is 4.84. The lowest BCUT2D eigenvalue weighted by Gasteiger charge is -2.40. The lowest BCUT2D eigenvalue weighted by Crippen LogP contribution is -2.47. The van der Waals surface area contributed by atoms with E-state index in [9.17, 15) is 4.79 Å². The van der Waals surface area contributed by atoms with Gasteiger partial charge in [0.1, 0.15) is 12.4 Å². The van der Waals surface area contributed by atoms with Crippen molar-refractivity contribution in [2.24, 2.45) is 11.3 Å². The molecule has 2 atom stereocenters. The molecule has 1 aromatic rings. The van der Waals surface area contributed by atoms with Crippen molar-refractivity contribution in [3.05, 3.63) is 30.3 Å². The molecule has 24 heavy (non-hydrogen) atoms. The van der Waals surface area contributed by atoms with Crippen LogP contribution < -0.4 is 15.4 Å². The Balaban J connectivity index is 1.65. The lowest BCUT2D eigenvalue weighted by molar-refractivity contribution is -0.120. The molecule has 2 N–H and O–H groups in total. The number of carbonyl (C=O) groups is 1. The first kappa shape index (κ1) is 18.8. The molecule has 4 nitrogen and oxygen atoms in total. The molecule has 4 heteroatoms. The summed E-state index contributed by atoms with van der Waals surface area (Å²) < 4.78 is 5.58. The Hall–Kier alpha value is -1.55. The Morgan fingerprint density at radius 1 is 1.17 bits per heavy atom. The van der Waals surface area contributed by atoms with Crippen molar-refractivity contribution < 1.29 is 9.53 Å². The van der Waals surface area contributed by atoms with E-state index in [1.807, 2.05) is 30.3 Å². The molecule has 0 radical (unpaired) electrons. The summed E-state index contributed by atoms with van der Waals surface area (Å²) in [4.78, 5) is 12.0. The Morgan fingerprint density at radius 2 is 1.88 bits per heavy atom. The molecule has 1 amide bonds. The van der Waals surface area contributed by atoms with Crippen LogP contribution in [0, 0.1) is 11.3 Å². The standard InChI is InChI=1S/C20H32N2O2/c1-20(2,3)17-11-7-8-12-18(17)22-15-19(23)21-13-14-24-16-9-5-4-6-10-16/h4-6,9-10,17-18,22H,7-8,11-15H2,1-3H3,(H,21,23). The number of amides is 1. The molecule has 1 saturated carbocycles. The fourth-order valence-corrected chi connectivity index (χ4v) is 3.57. The van der Waals surface area contributed by atoms with Gasteiger partial charge in [-0.05, 0) is 36.3 Å². The Morgan fingerprint density at radius 3 is 2.58 bits per heavy atom. The normalized spacial score (nSPS) is 21.3. The summed E-state index contributed by atoms with van der Waals surface area (Å²) in [5.41, 5.74) is 0.290. The summed E-state index contributed by atoms with van der Waals surface area (Å²) >= 11 is 0. The molecule has 0 spiro atoms. The molecule has 0 aliphatic heterocycles. The zero-order valence-electron chi connectivity index (χ0n) is 15.3. The van der Waals surface area contributed by atoms with Gasteiger partial charge in [-0.2, -0.15) is 0 Å². The zero-order valence-corrected chi connectivity index (χ0v) is 15.3. The van der Waals surface area contributed by atoms with Gasteiger partial charge in [0.2, 0.25) is 5.91 Å². The Bertz CT molecular complexity index is 496. The van der Waals surface area contributed by atoms with E-state index in [2.05, 4.69) is 31.4 Å². The Kier molecular flexibility index (Phi) is 7.10. The van der Waals surface area contributed by atoms with Gasteiger partial charge in [0.25, 0.3) is 0 Å². The lowest BCUT2D eigenvalue weighted by atomic mass is 9.69. The van der Waals surface area contributed by atoms with Crippen LogP contribution in [0.5, 0.6) is 5.75 Å². The molecule has 1 aromatic carbocycles. The summed E-state index contributed by atoms with van der Waals surface area (Å²) in [6.45, 7) is 8.32. The van der Waals surface area contributed by atoms with E-state index in [1.54, 1.807) is 0 Å². The second kappa shape index (κ2) is 9.07. The average molecular weight is 332 g/mol. The molecule has 2 rings (SSSR count). The first-order chi connectivity index (χ1) is 11.5. The summed E-state index contributed by atoms with van der Waals surface area (Å²) in [7, 11) is 0. The third-order valence-electron chi connectivity index (χ3n) is 4.84. The number of ether oxygens (including phenoxy) is 1. The monoisotopic (exact) mass is 332 g/mol. The van der Waals surface area contributed by atoms with Crippen molar-refractivity contribution in [3.63, 3.8) is 0 Å². The maximum atomic E-state index is 12.0. The van der Waals surface area contributed by atoms with Crippen LogP contribution in [0.15, 0.2) is 30.3 Å². The third kappa shape index (κ3) is 6.16. The molecular formula is C20H32N2O2. The van der Waals surface area contributed by atoms with E-state index in [0.29, 0.717) is 31.7 Å². The van der Waals surface area contributed by atoms with Gasteiger partial charge < -0.3 is 15.4 Å². The van der Waals surface area contributed by atoms with Gasteiger partial charge in [0, 0.05) is 6.04 Å². The van der Waals surface area contributed by atoms with E-state index < -0.39 is 0 Å². The second-order valence-electron chi connectivity index (χ2n) is 7.76. The van der Waals surface area contributed by atoms with Gasteiger partial charge in [0.05, 0.1) is 13.1 Å². The fourth-order valence-electron chi connectivity index (χ4n) is 3.57. The van der Waals surface area contributed by atoms with Crippen molar-refractivity contribution in [2.75, 3.05) is 19.7 Å². The van der Waals surface area contributed by atoms with Crippen molar-refractivity contribution in [1.29, 1.82) is 0 Å². The summed E-state index contributed by atoms with van der Waals surface area (Å²) in [5.74, 6) is 1.52. The quantitative estimate of drug-likeness (QED) is 0.753. The zero-order chi connectivity index (χ0) is 17.4. The molecule has 0 saturated heterocycles. The molecule has 134 valence electrons. The van der Waals surface area contributed by atoms with Gasteiger partial charge >= 0.3 is 0 Å². The predicted octanol–water partition coefficient (Wildman–Crippen LogP) is 3.38. The Labute approximate surface area is 146 Å². The first-order valence-corrected chi connectivity index (χ1v) is 9.15. The van der Waals surface area contributed by atoms with Gasteiger partial charge in [-0.3, -0.25) is 4.79 Å². The SMILES string of the molecule is CC(C)(C)C1CCCCC1NCC(=O)NCCOc1ccccc1.